The lowest BCUT2D eigenvalue weighted by Crippen LogP contribution is -2.43. The van der Waals surface area contributed by atoms with Crippen LogP contribution >= 0.6 is 0 Å². The van der Waals surface area contributed by atoms with Crippen LogP contribution in [-0.2, 0) is 22.6 Å². The van der Waals surface area contributed by atoms with Crippen LogP contribution in [0.1, 0.15) is 64.8 Å². The molecule has 0 bridgehead atoms. The number of rotatable bonds is 4. The van der Waals surface area contributed by atoms with Crippen molar-refractivity contribution in [1.29, 1.82) is 0 Å². The van der Waals surface area contributed by atoms with E-state index in [1.807, 2.05) is 0 Å². The van der Waals surface area contributed by atoms with E-state index >= 15 is 0 Å². The van der Waals surface area contributed by atoms with Gasteiger partial charge in [0.05, 0.1) is 17.1 Å². The summed E-state index contributed by atoms with van der Waals surface area (Å²) in [5.74, 6) is -4.63. The number of likely N-dealkylation sites (N-methyl/N-ethyl adjacent to an activating group) is 1. The van der Waals surface area contributed by atoms with Crippen molar-refractivity contribution < 1.29 is 23.5 Å². The molecule has 1 N–H and O–H groups in total. The van der Waals surface area contributed by atoms with E-state index in [0.717, 1.165) is 33.5 Å². The molecule has 2 aliphatic carbocycles. The van der Waals surface area contributed by atoms with Crippen molar-refractivity contribution in [3.05, 3.63) is 91.3 Å². The molecule has 6 rings (SSSR count). The summed E-state index contributed by atoms with van der Waals surface area (Å²) in [6.45, 7) is 0.794. The van der Waals surface area contributed by atoms with Gasteiger partial charge in [-0.3, -0.25) is 18.7 Å². The molecular formula is C27H23F2N3O5. The van der Waals surface area contributed by atoms with Gasteiger partial charge in [-0.15, -0.1) is 0 Å². The van der Waals surface area contributed by atoms with Crippen molar-refractivity contribution in [2.45, 2.75) is 50.0 Å². The Bertz CT molecular complexity index is 1650. The number of hydrogen-bond acceptors (Lipinski definition) is 4. The van der Waals surface area contributed by atoms with E-state index in [1.165, 1.54) is 12.1 Å². The van der Waals surface area contributed by atoms with Crippen LogP contribution in [0.25, 0.3) is 5.69 Å². The Morgan fingerprint density at radius 3 is 2.51 bits per heavy atom. The Morgan fingerprint density at radius 1 is 1.14 bits per heavy atom. The average Bonchev–Trinajstić information content (AvgIpc) is 3.51. The largest absolute Gasteiger partial charge is 0.477 e. The number of hydrogen-bond donors (Lipinski definition) is 1. The van der Waals surface area contributed by atoms with E-state index in [2.05, 4.69) is 0 Å². The molecular weight excluding hydrogens is 484 g/mol. The van der Waals surface area contributed by atoms with Crippen molar-refractivity contribution in [2.24, 2.45) is 0 Å². The predicted octanol–water partition coefficient (Wildman–Crippen LogP) is 3.35. The summed E-state index contributed by atoms with van der Waals surface area (Å²) in [5.41, 5.74) is -0.583. The van der Waals surface area contributed by atoms with E-state index in [4.69, 9.17) is 0 Å². The number of halogens is 2. The topological polar surface area (TPSA) is 102 Å². The maximum atomic E-state index is 14.2. The van der Waals surface area contributed by atoms with Crippen LogP contribution < -0.4 is 16.1 Å². The number of nitrogens with zero attached hydrogens (tertiary/aromatic N) is 3. The third-order valence-corrected chi connectivity index (χ3v) is 7.97. The number of carbonyl (C=O) groups excluding carboxylic acids is 1. The van der Waals surface area contributed by atoms with Crippen molar-refractivity contribution in [3.63, 3.8) is 0 Å². The Balaban J connectivity index is 1.56. The fourth-order valence-corrected chi connectivity index (χ4v) is 5.99. The number of anilines is 1. The first kappa shape index (κ1) is 23.3. The average molecular weight is 507 g/mol. The predicted molar refractivity (Wildman–Crippen MR) is 130 cm³/mol. The first-order chi connectivity index (χ1) is 17.5. The van der Waals surface area contributed by atoms with Gasteiger partial charge in [0.1, 0.15) is 5.56 Å². The first-order valence-electron chi connectivity index (χ1n) is 12.0. The van der Waals surface area contributed by atoms with Crippen molar-refractivity contribution >= 4 is 17.6 Å². The summed E-state index contributed by atoms with van der Waals surface area (Å²) in [7, 11) is 1.69. The monoisotopic (exact) mass is 507 g/mol. The first-order valence-corrected chi connectivity index (χ1v) is 12.0. The van der Waals surface area contributed by atoms with Crippen LogP contribution in [0.2, 0.25) is 0 Å². The molecule has 1 spiro atoms. The summed E-state index contributed by atoms with van der Waals surface area (Å²) in [4.78, 5) is 53.4. The number of benzene rings is 2. The minimum Gasteiger partial charge on any atom is -0.477 e. The highest BCUT2D eigenvalue weighted by Gasteiger charge is 2.58. The second-order valence-corrected chi connectivity index (χ2v) is 10.1. The molecule has 3 aliphatic rings. The van der Waals surface area contributed by atoms with Gasteiger partial charge in [-0.25, -0.2) is 18.4 Å². The lowest BCUT2D eigenvalue weighted by Gasteiger charge is -2.20. The molecule has 1 amide bonds. The standard InChI is InChI=1S/C27H23F2N3O5/c1-26(28,29)18-5-3-4-16-15(18)7-9-20(16)32-22(33)17(23(34)35)13-31(25(32)37)14-6-8-21-19(12-14)27(10-11-27)24(36)30(21)2/h3-6,8,12-13,20H,7,9-11H2,1-2H3,(H,34,35)/t20-/m1/s1. The molecule has 1 fully saturated rings. The number of carbonyl (C=O) groups is 2. The quantitative estimate of drug-likeness (QED) is 0.584. The van der Waals surface area contributed by atoms with E-state index in [1.54, 1.807) is 36.2 Å². The van der Waals surface area contributed by atoms with Crippen molar-refractivity contribution in [1.82, 2.24) is 9.13 Å². The lowest BCUT2D eigenvalue weighted by atomic mass is 9.97. The van der Waals surface area contributed by atoms with E-state index < -0.39 is 40.2 Å². The van der Waals surface area contributed by atoms with Gasteiger partial charge in [-0.1, -0.05) is 18.2 Å². The number of alkyl halides is 2. The molecule has 1 aromatic heterocycles. The molecule has 1 saturated carbocycles. The molecule has 37 heavy (non-hydrogen) atoms. The maximum Gasteiger partial charge on any atom is 0.342 e. The van der Waals surface area contributed by atoms with Crippen LogP contribution in [0, 0.1) is 0 Å². The Morgan fingerprint density at radius 2 is 1.86 bits per heavy atom. The maximum absolute atomic E-state index is 14.2. The molecule has 0 saturated heterocycles. The SMILES string of the molecule is CN1C(=O)C2(CC2)c2cc(-n3cc(C(=O)O)c(=O)n([C@@H]4CCc5c4cccc5C(C)(F)F)c3=O)ccc21. The zero-order valence-corrected chi connectivity index (χ0v) is 20.1. The van der Waals surface area contributed by atoms with E-state index in [-0.39, 0.29) is 24.3 Å². The van der Waals surface area contributed by atoms with E-state index in [9.17, 15) is 33.1 Å². The van der Waals surface area contributed by atoms with E-state index in [0.29, 0.717) is 29.7 Å². The minimum atomic E-state index is -3.11. The molecule has 0 radical (unpaired) electrons. The zero-order chi connectivity index (χ0) is 26.4. The number of carboxylic acids is 1. The minimum absolute atomic E-state index is 0.0192. The lowest BCUT2D eigenvalue weighted by molar-refractivity contribution is -0.119. The van der Waals surface area contributed by atoms with Crippen molar-refractivity contribution in [2.75, 3.05) is 11.9 Å². The summed E-state index contributed by atoms with van der Waals surface area (Å²) >= 11 is 0. The van der Waals surface area contributed by atoms with Gasteiger partial charge in [0.2, 0.25) is 5.91 Å². The van der Waals surface area contributed by atoms with Crippen molar-refractivity contribution in [3.8, 4) is 5.69 Å². The highest BCUT2D eigenvalue weighted by Crippen LogP contribution is 2.57. The molecule has 3 aromatic rings. The summed E-state index contributed by atoms with van der Waals surface area (Å²) in [5, 5.41) is 9.78. The van der Waals surface area contributed by atoms with Gasteiger partial charge in [0.25, 0.3) is 11.5 Å². The van der Waals surface area contributed by atoms with Crippen LogP contribution in [0.4, 0.5) is 14.5 Å². The number of aromatic nitrogens is 2. The molecule has 1 atom stereocenters. The highest BCUT2D eigenvalue weighted by molar-refractivity contribution is 6.10. The third-order valence-electron chi connectivity index (χ3n) is 7.97. The molecule has 0 unspecified atom stereocenters. The molecule has 1 aliphatic heterocycles. The van der Waals surface area contributed by atoms with Gasteiger partial charge >= 0.3 is 11.7 Å². The number of fused-ring (bicyclic) bond motifs is 3. The summed E-state index contributed by atoms with van der Waals surface area (Å²) in [6, 6.07) is 8.50. The Kier molecular flexibility index (Phi) is 4.71. The Labute approximate surface area is 209 Å². The van der Waals surface area contributed by atoms with Crippen LogP contribution in [0.5, 0.6) is 0 Å². The van der Waals surface area contributed by atoms with Gasteiger partial charge < -0.3 is 10.0 Å². The third kappa shape index (κ3) is 3.17. The summed E-state index contributed by atoms with van der Waals surface area (Å²) < 4.78 is 30.5. The molecule has 2 heterocycles. The number of aromatic carboxylic acids is 1. The number of carboxylic acid groups (broad SMARTS) is 1. The fraction of sp³-hybridized carbons (Fsp3) is 0.333. The second kappa shape index (κ2) is 7.47. The normalized spacial score (nSPS) is 19.3. The van der Waals surface area contributed by atoms with Gasteiger partial charge in [0, 0.05) is 31.4 Å². The fourth-order valence-electron chi connectivity index (χ4n) is 5.99. The van der Waals surface area contributed by atoms with Crippen LogP contribution in [-0.4, -0.2) is 33.2 Å². The molecule has 10 heteroatoms. The van der Waals surface area contributed by atoms with Gasteiger partial charge in [-0.2, -0.15) is 0 Å². The van der Waals surface area contributed by atoms with Gasteiger partial charge in [0.15, 0.2) is 0 Å². The highest BCUT2D eigenvalue weighted by atomic mass is 19.3. The van der Waals surface area contributed by atoms with Crippen LogP contribution in [0.15, 0.2) is 52.2 Å². The smallest absolute Gasteiger partial charge is 0.342 e. The molecule has 8 nitrogen and oxygen atoms in total. The zero-order valence-electron chi connectivity index (χ0n) is 20.1. The number of amides is 1. The van der Waals surface area contributed by atoms with Crippen LogP contribution in [0.3, 0.4) is 0 Å². The Hall–Kier alpha value is -4.08. The molecule has 2 aromatic carbocycles. The second-order valence-electron chi connectivity index (χ2n) is 10.1. The molecule has 190 valence electrons. The van der Waals surface area contributed by atoms with Gasteiger partial charge in [-0.05, 0) is 60.6 Å². The summed E-state index contributed by atoms with van der Waals surface area (Å²) in [6.07, 6.45) is 2.79.